The van der Waals surface area contributed by atoms with Gasteiger partial charge in [0, 0.05) is 23.0 Å². The maximum atomic E-state index is 12.6. The third kappa shape index (κ3) is 5.37. The van der Waals surface area contributed by atoms with Crippen LogP contribution in [0.2, 0.25) is 5.15 Å². The van der Waals surface area contributed by atoms with Crippen LogP contribution in [0, 0.1) is 6.92 Å². The third-order valence-electron chi connectivity index (χ3n) is 3.29. The lowest BCUT2D eigenvalue weighted by Gasteiger charge is -2.13. The Kier molecular flexibility index (Phi) is 7.65. The second-order valence-electron chi connectivity index (χ2n) is 5.66. The third-order valence-corrected chi connectivity index (χ3v) is 4.16. The minimum absolute atomic E-state index is 0.168. The number of hydrogen-bond donors (Lipinski definition) is 2. The highest BCUT2D eigenvalue weighted by Gasteiger charge is 2.19. The predicted molar refractivity (Wildman–Crippen MR) is 110 cm³/mol. The first kappa shape index (κ1) is 21.5. The molecule has 3 rings (SSSR count). The van der Waals surface area contributed by atoms with Gasteiger partial charge in [-0.3, -0.25) is 19.9 Å². The first-order valence-electron chi connectivity index (χ1n) is 8.42. The van der Waals surface area contributed by atoms with Crippen molar-refractivity contribution in [2.75, 3.05) is 12.4 Å². The van der Waals surface area contributed by atoms with Crippen LogP contribution in [-0.2, 0) is 0 Å². The molecule has 0 unspecified atom stereocenters. The van der Waals surface area contributed by atoms with E-state index in [9.17, 15) is 9.59 Å². The molecule has 0 atom stereocenters. The van der Waals surface area contributed by atoms with Crippen LogP contribution < -0.4 is 14.9 Å². The molecule has 0 aliphatic rings. The molecule has 0 saturated carbocycles. The Hall–Kier alpha value is -2.78. The minimum atomic E-state index is -0.458. The van der Waals surface area contributed by atoms with Gasteiger partial charge < -0.3 is 4.74 Å². The summed E-state index contributed by atoms with van der Waals surface area (Å²) in [5.41, 5.74) is 2.18. The molecule has 3 aromatic rings. The van der Waals surface area contributed by atoms with Gasteiger partial charge in [0.1, 0.15) is 10.9 Å². The molecule has 0 saturated heterocycles. The maximum Gasteiger partial charge on any atom is 0.324 e. The smallest absolute Gasteiger partial charge is 0.324 e. The van der Waals surface area contributed by atoms with Gasteiger partial charge in [-0.2, -0.15) is 0 Å². The summed E-state index contributed by atoms with van der Waals surface area (Å²) in [6, 6.07) is 3.36. The molecular weight excluding hydrogens is 402 g/mol. The number of rotatable bonds is 4. The van der Waals surface area contributed by atoms with Crippen molar-refractivity contribution in [2.45, 2.75) is 27.2 Å². The van der Waals surface area contributed by atoms with Crippen molar-refractivity contribution < 1.29 is 9.53 Å². The number of methoxy groups -OCH3 is 1. The van der Waals surface area contributed by atoms with Crippen LogP contribution in [0.1, 0.15) is 36.3 Å². The molecular formula is C18H20ClN5O3S. The molecule has 0 radical (unpaired) electrons. The molecule has 0 aromatic carbocycles. The lowest BCUT2D eigenvalue weighted by molar-refractivity contribution is 0.102. The van der Waals surface area contributed by atoms with Gasteiger partial charge in [0.2, 0.25) is 5.13 Å². The summed E-state index contributed by atoms with van der Waals surface area (Å²) in [4.78, 5) is 31.6. The van der Waals surface area contributed by atoms with E-state index in [0.717, 1.165) is 11.3 Å². The molecule has 1 amide bonds. The summed E-state index contributed by atoms with van der Waals surface area (Å²) in [5, 5.41) is 8.97. The number of nitrogens with zero attached hydrogens (tertiary/aromatic N) is 3. The van der Waals surface area contributed by atoms with Gasteiger partial charge in [0.15, 0.2) is 0 Å². The van der Waals surface area contributed by atoms with Gasteiger partial charge in [0.25, 0.3) is 5.91 Å². The van der Waals surface area contributed by atoms with E-state index in [4.69, 9.17) is 16.3 Å². The van der Waals surface area contributed by atoms with Crippen molar-refractivity contribution >= 4 is 34.0 Å². The Morgan fingerprint density at radius 1 is 1.25 bits per heavy atom. The highest BCUT2D eigenvalue weighted by atomic mass is 35.5. The standard InChI is InChI=1S/C15H12ClN5O3S.C3H8/c1-7-3-8(9-4-12(16)18-6-11(9)24-2)10(5-17-7)13(22)19-14-20-21-15(23)25-14;1-3-2/h3-6H,1-2H3,(H,21,23)(H,19,20,22);3H2,1-2H3. The van der Waals surface area contributed by atoms with E-state index in [0.29, 0.717) is 22.6 Å². The maximum absolute atomic E-state index is 12.6. The SMILES string of the molecule is CCC.COc1cnc(Cl)cc1-c1cc(C)ncc1C(=O)Nc1n[nH]c(=O)s1. The number of aryl methyl sites for hydroxylation is 1. The van der Waals surface area contributed by atoms with E-state index in [1.807, 2.05) is 0 Å². The second-order valence-corrected chi connectivity index (χ2v) is 7.01. The van der Waals surface area contributed by atoms with Crippen molar-refractivity contribution in [2.24, 2.45) is 0 Å². The summed E-state index contributed by atoms with van der Waals surface area (Å²) in [7, 11) is 1.50. The normalized spacial score (nSPS) is 10.0. The van der Waals surface area contributed by atoms with Gasteiger partial charge in [-0.05, 0) is 30.4 Å². The molecule has 0 aliphatic heterocycles. The molecule has 2 N–H and O–H groups in total. The molecule has 3 heterocycles. The van der Waals surface area contributed by atoms with Crippen LogP contribution in [0.4, 0.5) is 5.13 Å². The molecule has 0 bridgehead atoms. The fourth-order valence-electron chi connectivity index (χ4n) is 2.20. The first-order valence-corrected chi connectivity index (χ1v) is 9.62. The number of hydrogen-bond acceptors (Lipinski definition) is 7. The van der Waals surface area contributed by atoms with Crippen LogP contribution in [-0.4, -0.2) is 33.2 Å². The quantitative estimate of drug-likeness (QED) is 0.617. The highest BCUT2D eigenvalue weighted by molar-refractivity contribution is 7.13. The lowest BCUT2D eigenvalue weighted by atomic mass is 10.0. The van der Waals surface area contributed by atoms with Crippen molar-refractivity contribution in [3.8, 4) is 16.9 Å². The summed E-state index contributed by atoms with van der Waals surface area (Å²) in [6.45, 7) is 6.06. The van der Waals surface area contributed by atoms with Gasteiger partial charge in [-0.1, -0.05) is 31.9 Å². The fraction of sp³-hybridized carbons (Fsp3) is 0.278. The topological polar surface area (TPSA) is 110 Å². The molecule has 0 fully saturated rings. The number of pyridine rings is 2. The fourth-order valence-corrected chi connectivity index (χ4v) is 2.86. The summed E-state index contributed by atoms with van der Waals surface area (Å²) >= 11 is 6.79. The molecule has 10 heteroatoms. The Balaban J connectivity index is 0.000000878. The van der Waals surface area contributed by atoms with E-state index in [1.165, 1.54) is 25.9 Å². The largest absolute Gasteiger partial charge is 0.494 e. The van der Waals surface area contributed by atoms with E-state index < -0.39 is 5.91 Å². The van der Waals surface area contributed by atoms with Crippen LogP contribution >= 0.6 is 22.9 Å². The summed E-state index contributed by atoms with van der Waals surface area (Å²) < 4.78 is 5.32. The zero-order valence-corrected chi connectivity index (χ0v) is 17.4. The van der Waals surface area contributed by atoms with E-state index >= 15 is 0 Å². The van der Waals surface area contributed by atoms with Crippen molar-refractivity contribution in [3.63, 3.8) is 0 Å². The molecule has 0 spiro atoms. The van der Waals surface area contributed by atoms with Gasteiger partial charge in [-0.25, -0.2) is 10.1 Å². The van der Waals surface area contributed by atoms with Gasteiger partial charge >= 0.3 is 4.87 Å². The van der Waals surface area contributed by atoms with Crippen molar-refractivity contribution in [1.29, 1.82) is 0 Å². The Morgan fingerprint density at radius 2 is 1.96 bits per heavy atom. The average molecular weight is 422 g/mol. The second kappa shape index (κ2) is 9.95. The lowest BCUT2D eigenvalue weighted by Crippen LogP contribution is -2.14. The van der Waals surface area contributed by atoms with Gasteiger partial charge in [0.05, 0.1) is 18.9 Å². The number of carbonyl (C=O) groups excluding carboxylic acids is 1. The van der Waals surface area contributed by atoms with Gasteiger partial charge in [-0.15, -0.1) is 5.10 Å². The highest BCUT2D eigenvalue weighted by Crippen LogP contribution is 2.34. The molecule has 8 nitrogen and oxygen atoms in total. The number of anilines is 1. The number of nitrogens with one attached hydrogen (secondary N) is 2. The predicted octanol–water partition coefficient (Wildman–Crippen LogP) is 3.93. The summed E-state index contributed by atoms with van der Waals surface area (Å²) in [5.74, 6) is 0.00807. The van der Waals surface area contributed by atoms with Crippen LogP contribution in [0.25, 0.3) is 11.1 Å². The summed E-state index contributed by atoms with van der Waals surface area (Å²) in [6.07, 6.45) is 4.18. The van der Waals surface area contributed by atoms with Crippen LogP contribution in [0.3, 0.4) is 0 Å². The Morgan fingerprint density at radius 3 is 2.57 bits per heavy atom. The minimum Gasteiger partial charge on any atom is -0.494 e. The van der Waals surface area contributed by atoms with E-state index in [1.54, 1.807) is 19.1 Å². The van der Waals surface area contributed by atoms with Crippen LogP contribution in [0.15, 0.2) is 29.3 Å². The van der Waals surface area contributed by atoms with E-state index in [-0.39, 0.29) is 20.7 Å². The number of H-pyrrole nitrogens is 1. The average Bonchev–Trinajstić information content (AvgIpc) is 3.06. The molecule has 148 valence electrons. The Bertz CT molecular complexity index is 1020. The zero-order chi connectivity index (χ0) is 20.7. The first-order chi connectivity index (χ1) is 13.4. The zero-order valence-electron chi connectivity index (χ0n) is 15.9. The van der Waals surface area contributed by atoms with Crippen LogP contribution in [0.5, 0.6) is 5.75 Å². The molecule has 28 heavy (non-hydrogen) atoms. The Labute approximate surface area is 171 Å². The number of ether oxygens (including phenoxy) is 1. The van der Waals surface area contributed by atoms with Crippen molar-refractivity contribution in [1.82, 2.24) is 20.2 Å². The number of aromatic amines is 1. The molecule has 3 aromatic heterocycles. The van der Waals surface area contributed by atoms with Crippen molar-refractivity contribution in [3.05, 3.63) is 50.6 Å². The monoisotopic (exact) mass is 421 g/mol. The number of aromatic nitrogens is 4. The number of carbonyl (C=O) groups is 1. The molecule has 0 aliphatic carbocycles. The number of halogens is 1. The van der Waals surface area contributed by atoms with E-state index in [2.05, 4.69) is 39.3 Å². The number of amides is 1.